The fraction of sp³-hybridized carbons (Fsp3) is 0.583. The zero-order valence-corrected chi connectivity index (χ0v) is 10.6. The predicted octanol–water partition coefficient (Wildman–Crippen LogP) is 0.506. The van der Waals surface area contributed by atoms with Gasteiger partial charge in [0, 0.05) is 31.9 Å². The first-order valence-electron chi connectivity index (χ1n) is 6.39. The van der Waals surface area contributed by atoms with E-state index in [0.29, 0.717) is 6.04 Å². The van der Waals surface area contributed by atoms with E-state index in [1.807, 2.05) is 28.7 Å². The van der Waals surface area contributed by atoms with Crippen LogP contribution in [0.5, 0.6) is 0 Å². The summed E-state index contributed by atoms with van der Waals surface area (Å²) >= 11 is 0. The summed E-state index contributed by atoms with van der Waals surface area (Å²) in [6, 6.07) is 0.699. The Balaban J connectivity index is 1.58. The van der Waals surface area contributed by atoms with Gasteiger partial charge in [-0.1, -0.05) is 0 Å². The van der Waals surface area contributed by atoms with Crippen LogP contribution in [0.1, 0.15) is 24.5 Å². The third kappa shape index (κ3) is 2.59. The van der Waals surface area contributed by atoms with E-state index in [0.717, 1.165) is 31.2 Å². The molecule has 0 aliphatic heterocycles. The summed E-state index contributed by atoms with van der Waals surface area (Å²) in [7, 11) is 2.01. The van der Waals surface area contributed by atoms with Crippen molar-refractivity contribution in [1.82, 2.24) is 29.6 Å². The van der Waals surface area contributed by atoms with E-state index in [4.69, 9.17) is 0 Å². The number of hydrogen-bond donors (Lipinski definition) is 1. The van der Waals surface area contributed by atoms with Gasteiger partial charge in [0.2, 0.25) is 0 Å². The second kappa shape index (κ2) is 4.89. The Morgan fingerprint density at radius 1 is 1.33 bits per heavy atom. The fourth-order valence-electron chi connectivity index (χ4n) is 1.98. The highest BCUT2D eigenvalue weighted by Gasteiger charge is 2.20. The summed E-state index contributed by atoms with van der Waals surface area (Å²) in [5.41, 5.74) is 0. The van der Waals surface area contributed by atoms with Crippen LogP contribution in [0.3, 0.4) is 0 Å². The summed E-state index contributed by atoms with van der Waals surface area (Å²) < 4.78 is 4.00. The maximum Gasteiger partial charge on any atom is 0.140 e. The first-order valence-corrected chi connectivity index (χ1v) is 6.39. The molecule has 96 valence electrons. The Morgan fingerprint density at radius 2 is 2.22 bits per heavy atom. The zero-order valence-electron chi connectivity index (χ0n) is 10.6. The highest BCUT2D eigenvalue weighted by Crippen LogP contribution is 2.18. The molecule has 0 unspecified atom stereocenters. The van der Waals surface area contributed by atoms with Crippen LogP contribution < -0.4 is 5.32 Å². The van der Waals surface area contributed by atoms with E-state index in [9.17, 15) is 0 Å². The molecule has 6 nitrogen and oxygen atoms in total. The summed E-state index contributed by atoms with van der Waals surface area (Å²) in [5, 5.41) is 7.73. The van der Waals surface area contributed by atoms with Crippen LogP contribution in [-0.4, -0.2) is 30.4 Å². The molecule has 1 saturated carbocycles. The van der Waals surface area contributed by atoms with Crippen molar-refractivity contribution in [2.45, 2.75) is 38.4 Å². The normalized spacial score (nSPS) is 15.2. The Kier molecular flexibility index (Phi) is 3.10. The molecule has 0 aromatic carbocycles. The molecular formula is C12H18N6. The lowest BCUT2D eigenvalue weighted by Gasteiger charge is -2.06. The monoisotopic (exact) mass is 246 g/mol. The molecule has 2 aromatic rings. The lowest BCUT2D eigenvalue weighted by molar-refractivity contribution is 0.536. The maximum absolute atomic E-state index is 4.31. The molecule has 3 rings (SSSR count). The van der Waals surface area contributed by atoms with Gasteiger partial charge in [-0.05, 0) is 12.8 Å². The second-order valence-electron chi connectivity index (χ2n) is 4.76. The molecule has 1 fully saturated rings. The Bertz CT molecular complexity index is 510. The van der Waals surface area contributed by atoms with Gasteiger partial charge in [0.1, 0.15) is 18.0 Å². The van der Waals surface area contributed by atoms with Crippen LogP contribution in [0.15, 0.2) is 18.7 Å². The predicted molar refractivity (Wildman–Crippen MR) is 66.8 cm³/mol. The van der Waals surface area contributed by atoms with Crippen molar-refractivity contribution in [2.75, 3.05) is 0 Å². The highest BCUT2D eigenvalue weighted by molar-refractivity contribution is 4.93. The van der Waals surface area contributed by atoms with E-state index < -0.39 is 0 Å². The second-order valence-corrected chi connectivity index (χ2v) is 4.76. The Hall–Kier alpha value is -1.69. The SMILES string of the molecule is Cn1ccnc1CCn1ncnc1CNC1CC1. The lowest BCUT2D eigenvalue weighted by Crippen LogP contribution is -2.20. The average molecular weight is 246 g/mol. The molecule has 0 radical (unpaired) electrons. The molecular weight excluding hydrogens is 228 g/mol. The molecule has 1 aliphatic carbocycles. The standard InChI is InChI=1S/C12H18N6/c1-17-7-5-13-11(17)4-6-18-12(15-9-16-18)8-14-10-2-3-10/h5,7,9-10,14H,2-4,6,8H2,1H3. The van der Waals surface area contributed by atoms with E-state index in [2.05, 4.69) is 20.4 Å². The van der Waals surface area contributed by atoms with Crippen LogP contribution in [0.4, 0.5) is 0 Å². The van der Waals surface area contributed by atoms with Crippen LogP contribution in [0.25, 0.3) is 0 Å². The van der Waals surface area contributed by atoms with Gasteiger partial charge in [-0.15, -0.1) is 0 Å². The van der Waals surface area contributed by atoms with Crippen LogP contribution in [0.2, 0.25) is 0 Å². The summed E-state index contributed by atoms with van der Waals surface area (Å²) in [6.45, 7) is 1.64. The number of rotatable bonds is 6. The Labute approximate surface area is 106 Å². The summed E-state index contributed by atoms with van der Waals surface area (Å²) in [5.74, 6) is 2.09. The molecule has 0 amide bonds. The molecule has 1 aliphatic rings. The van der Waals surface area contributed by atoms with Gasteiger partial charge in [-0.25, -0.2) is 14.6 Å². The molecule has 0 atom stereocenters. The van der Waals surface area contributed by atoms with Gasteiger partial charge in [0.15, 0.2) is 0 Å². The third-order valence-corrected chi connectivity index (χ3v) is 3.29. The van der Waals surface area contributed by atoms with Crippen molar-refractivity contribution in [3.63, 3.8) is 0 Å². The van der Waals surface area contributed by atoms with Crippen molar-refractivity contribution < 1.29 is 0 Å². The molecule has 18 heavy (non-hydrogen) atoms. The number of nitrogens with one attached hydrogen (secondary N) is 1. The Morgan fingerprint density at radius 3 is 2.94 bits per heavy atom. The maximum atomic E-state index is 4.31. The minimum Gasteiger partial charge on any atom is -0.338 e. The molecule has 0 saturated heterocycles. The molecule has 2 heterocycles. The molecule has 0 spiro atoms. The van der Waals surface area contributed by atoms with Gasteiger partial charge in [-0.2, -0.15) is 5.10 Å². The number of imidazole rings is 1. The van der Waals surface area contributed by atoms with Crippen molar-refractivity contribution in [1.29, 1.82) is 0 Å². The smallest absolute Gasteiger partial charge is 0.140 e. The number of nitrogens with zero attached hydrogens (tertiary/aromatic N) is 5. The van der Waals surface area contributed by atoms with Gasteiger partial charge in [0.25, 0.3) is 0 Å². The quantitative estimate of drug-likeness (QED) is 0.806. The number of aromatic nitrogens is 5. The molecule has 2 aromatic heterocycles. The third-order valence-electron chi connectivity index (χ3n) is 3.29. The van der Waals surface area contributed by atoms with Crippen molar-refractivity contribution in [2.24, 2.45) is 7.05 Å². The van der Waals surface area contributed by atoms with E-state index in [1.54, 1.807) is 6.33 Å². The lowest BCUT2D eigenvalue weighted by atomic mass is 10.4. The van der Waals surface area contributed by atoms with Gasteiger partial charge >= 0.3 is 0 Å². The summed E-state index contributed by atoms with van der Waals surface area (Å²) in [4.78, 5) is 8.62. The minimum absolute atomic E-state index is 0.699. The van der Waals surface area contributed by atoms with Crippen LogP contribution >= 0.6 is 0 Å². The van der Waals surface area contributed by atoms with Crippen molar-refractivity contribution in [3.8, 4) is 0 Å². The van der Waals surface area contributed by atoms with Crippen LogP contribution in [-0.2, 0) is 26.6 Å². The molecule has 0 bridgehead atoms. The fourth-order valence-corrected chi connectivity index (χ4v) is 1.98. The summed E-state index contributed by atoms with van der Waals surface area (Å²) in [6.07, 6.45) is 8.88. The molecule has 1 N–H and O–H groups in total. The van der Waals surface area contributed by atoms with E-state index >= 15 is 0 Å². The zero-order chi connectivity index (χ0) is 12.4. The largest absolute Gasteiger partial charge is 0.338 e. The average Bonchev–Trinajstić information content (AvgIpc) is 2.94. The first kappa shape index (κ1) is 11.4. The van der Waals surface area contributed by atoms with E-state index in [1.165, 1.54) is 12.8 Å². The topological polar surface area (TPSA) is 60.6 Å². The highest BCUT2D eigenvalue weighted by atomic mass is 15.3. The minimum atomic E-state index is 0.699. The first-order chi connectivity index (χ1) is 8.83. The van der Waals surface area contributed by atoms with Gasteiger partial charge in [0.05, 0.1) is 13.1 Å². The van der Waals surface area contributed by atoms with Crippen LogP contribution in [0, 0.1) is 0 Å². The molecule has 6 heteroatoms. The van der Waals surface area contributed by atoms with Gasteiger partial charge < -0.3 is 9.88 Å². The number of hydrogen-bond acceptors (Lipinski definition) is 4. The van der Waals surface area contributed by atoms with Crippen molar-refractivity contribution >= 4 is 0 Å². The number of aryl methyl sites for hydroxylation is 3. The van der Waals surface area contributed by atoms with Crippen molar-refractivity contribution in [3.05, 3.63) is 30.4 Å². The van der Waals surface area contributed by atoms with Gasteiger partial charge in [-0.3, -0.25) is 0 Å². The van der Waals surface area contributed by atoms with E-state index in [-0.39, 0.29) is 0 Å².